The van der Waals surface area contributed by atoms with Crippen LogP contribution in [0.1, 0.15) is 92.9 Å². The number of carboxylic acids is 1. The number of hydrogen-bond acceptors (Lipinski definition) is 5. The quantitative estimate of drug-likeness (QED) is 0.330. The van der Waals surface area contributed by atoms with E-state index in [-0.39, 0.29) is 34.0 Å². The van der Waals surface area contributed by atoms with Gasteiger partial charge in [-0.25, -0.2) is 0 Å². The molecule has 5 aliphatic rings. The molecule has 0 amide bonds. The minimum Gasteiger partial charge on any atom is -0.481 e. The van der Waals surface area contributed by atoms with Crippen LogP contribution >= 0.6 is 0 Å². The number of carbonyl (C=O) groups excluding carboxylic acids is 1. The van der Waals surface area contributed by atoms with Crippen molar-refractivity contribution in [1.82, 2.24) is 0 Å². The number of carbonyl (C=O) groups is 2. The summed E-state index contributed by atoms with van der Waals surface area (Å²) >= 11 is 0. The molecule has 202 valence electrons. The smallest absolute Gasteiger partial charge is 0.310 e. The molecule has 4 fully saturated rings. The molecule has 12 atom stereocenters. The van der Waals surface area contributed by atoms with Crippen LogP contribution in [0.3, 0.4) is 0 Å². The molecule has 0 aromatic heterocycles. The third-order valence-corrected chi connectivity index (χ3v) is 13.4. The van der Waals surface area contributed by atoms with Crippen LogP contribution < -0.4 is 0 Å². The van der Waals surface area contributed by atoms with Crippen LogP contribution in [0.5, 0.6) is 0 Å². The number of fused-ring (bicyclic) bond motifs is 7. The molecule has 36 heavy (non-hydrogen) atoms. The van der Waals surface area contributed by atoms with Gasteiger partial charge in [0.05, 0.1) is 28.6 Å². The van der Waals surface area contributed by atoms with Gasteiger partial charge in [0.1, 0.15) is 6.29 Å². The fourth-order valence-electron chi connectivity index (χ4n) is 10.9. The molecule has 0 aliphatic heterocycles. The minimum absolute atomic E-state index is 0.0142. The summed E-state index contributed by atoms with van der Waals surface area (Å²) in [6.45, 7) is 12.6. The van der Waals surface area contributed by atoms with Gasteiger partial charge >= 0.3 is 5.97 Å². The second-order valence-electron chi connectivity index (χ2n) is 14.6. The highest BCUT2D eigenvalue weighted by molar-refractivity contribution is 5.77. The number of allylic oxidation sites excluding steroid dienone is 1. The first kappa shape index (κ1) is 26.4. The Morgan fingerprint density at radius 1 is 1.00 bits per heavy atom. The van der Waals surface area contributed by atoms with E-state index in [0.29, 0.717) is 25.7 Å². The highest BCUT2D eigenvalue weighted by atomic mass is 16.4. The molecular formula is C30H46O6. The van der Waals surface area contributed by atoms with Gasteiger partial charge in [-0.05, 0) is 92.3 Å². The van der Waals surface area contributed by atoms with E-state index >= 15 is 0 Å². The van der Waals surface area contributed by atoms with E-state index in [1.165, 1.54) is 0 Å². The minimum atomic E-state index is -1.10. The lowest BCUT2D eigenvalue weighted by Crippen LogP contribution is -2.69. The van der Waals surface area contributed by atoms with Crippen molar-refractivity contribution >= 4 is 12.3 Å². The van der Waals surface area contributed by atoms with E-state index in [9.17, 15) is 30.0 Å². The number of aliphatic hydroxyl groups is 3. The van der Waals surface area contributed by atoms with Crippen LogP contribution in [-0.4, -0.2) is 50.5 Å². The lowest BCUT2D eigenvalue weighted by Gasteiger charge is -2.71. The zero-order valence-electron chi connectivity index (χ0n) is 22.9. The molecule has 6 heteroatoms. The first-order valence-corrected chi connectivity index (χ1v) is 14.0. The summed E-state index contributed by atoms with van der Waals surface area (Å²) in [5.41, 5.74) is -2.70. The Hall–Kier alpha value is -1.24. The molecule has 6 nitrogen and oxygen atoms in total. The second-order valence-corrected chi connectivity index (χ2v) is 14.6. The lowest BCUT2D eigenvalue weighted by molar-refractivity contribution is -0.234. The maximum Gasteiger partial charge on any atom is 0.310 e. The average Bonchev–Trinajstić information content (AvgIpc) is 2.80. The van der Waals surface area contributed by atoms with Crippen LogP contribution in [0.4, 0.5) is 0 Å². The zero-order chi connectivity index (χ0) is 26.7. The predicted octanol–water partition coefficient (Wildman–Crippen LogP) is 4.35. The topological polar surface area (TPSA) is 115 Å². The molecule has 5 aliphatic carbocycles. The average molecular weight is 503 g/mol. The number of aliphatic hydroxyl groups excluding tert-OH is 2. The Bertz CT molecular complexity index is 1000. The zero-order valence-corrected chi connectivity index (χ0v) is 22.9. The van der Waals surface area contributed by atoms with E-state index in [1.54, 1.807) is 0 Å². The summed E-state index contributed by atoms with van der Waals surface area (Å²) in [6, 6.07) is 0. The molecule has 5 rings (SSSR count). The lowest BCUT2D eigenvalue weighted by atomic mass is 9.33. The number of aldehydes is 1. The van der Waals surface area contributed by atoms with Gasteiger partial charge in [0, 0.05) is 5.92 Å². The van der Waals surface area contributed by atoms with Crippen molar-refractivity contribution in [2.75, 3.05) is 0 Å². The summed E-state index contributed by atoms with van der Waals surface area (Å²) in [4.78, 5) is 25.2. The number of aliphatic carboxylic acids is 1. The predicted molar refractivity (Wildman–Crippen MR) is 136 cm³/mol. The first-order valence-electron chi connectivity index (χ1n) is 14.0. The summed E-state index contributed by atoms with van der Waals surface area (Å²) in [6.07, 6.45) is 6.60. The van der Waals surface area contributed by atoms with Crippen molar-refractivity contribution in [2.24, 2.45) is 50.7 Å². The first-order chi connectivity index (χ1) is 16.6. The van der Waals surface area contributed by atoms with Crippen molar-refractivity contribution in [3.05, 3.63) is 11.6 Å². The van der Waals surface area contributed by atoms with Gasteiger partial charge in [-0.3, -0.25) is 4.79 Å². The molecule has 0 bridgehead atoms. The highest BCUT2D eigenvalue weighted by Gasteiger charge is 2.72. The van der Waals surface area contributed by atoms with Crippen molar-refractivity contribution in [1.29, 1.82) is 0 Å². The maximum atomic E-state index is 12.8. The molecule has 0 heterocycles. The summed E-state index contributed by atoms with van der Waals surface area (Å²) < 4.78 is 0. The van der Waals surface area contributed by atoms with E-state index in [0.717, 1.165) is 37.5 Å². The third kappa shape index (κ3) is 2.85. The molecule has 0 aromatic rings. The van der Waals surface area contributed by atoms with Crippen LogP contribution in [0.2, 0.25) is 0 Å². The van der Waals surface area contributed by atoms with Crippen molar-refractivity contribution < 1.29 is 30.0 Å². The van der Waals surface area contributed by atoms with Crippen molar-refractivity contribution in [2.45, 2.75) is 111 Å². The monoisotopic (exact) mass is 502 g/mol. The van der Waals surface area contributed by atoms with Gasteiger partial charge in [-0.15, -0.1) is 0 Å². The van der Waals surface area contributed by atoms with Gasteiger partial charge in [-0.1, -0.05) is 46.3 Å². The molecule has 0 spiro atoms. The Kier molecular flexibility index (Phi) is 5.61. The van der Waals surface area contributed by atoms with E-state index in [1.807, 2.05) is 20.8 Å². The van der Waals surface area contributed by atoms with Crippen LogP contribution in [0.25, 0.3) is 0 Å². The number of hydrogen-bond donors (Lipinski definition) is 4. The van der Waals surface area contributed by atoms with Gasteiger partial charge in [0.15, 0.2) is 0 Å². The molecule has 1 unspecified atom stereocenters. The summed E-state index contributed by atoms with van der Waals surface area (Å²) in [5.74, 6) is -1.04. The molecular weight excluding hydrogens is 456 g/mol. The highest BCUT2D eigenvalue weighted by Crippen LogP contribution is 2.76. The van der Waals surface area contributed by atoms with Crippen LogP contribution in [0, 0.1) is 50.7 Å². The van der Waals surface area contributed by atoms with Gasteiger partial charge in [0.2, 0.25) is 0 Å². The SMILES string of the molecule is C[C@@H]1CC[C@]2(C(=O)O)CC[C@]3(C)C(=CC[C@@H]4[C@@]5(C)C[C@@H](O)[C@H](O)[C@](C)(C=O)[C@@H]5CC[C@]43C)C2[C@]1(C)O. The number of carboxylic acid groups (broad SMARTS) is 1. The van der Waals surface area contributed by atoms with E-state index in [4.69, 9.17) is 0 Å². The van der Waals surface area contributed by atoms with Gasteiger partial charge < -0.3 is 25.2 Å². The van der Waals surface area contributed by atoms with Gasteiger partial charge in [0.25, 0.3) is 0 Å². The molecule has 0 aromatic carbocycles. The van der Waals surface area contributed by atoms with Gasteiger partial charge in [-0.2, -0.15) is 0 Å². The second kappa shape index (κ2) is 7.66. The van der Waals surface area contributed by atoms with E-state index < -0.39 is 40.5 Å². The maximum absolute atomic E-state index is 12.8. The van der Waals surface area contributed by atoms with Crippen LogP contribution in [0.15, 0.2) is 11.6 Å². The van der Waals surface area contributed by atoms with Crippen LogP contribution in [-0.2, 0) is 9.59 Å². The Labute approximate surface area is 215 Å². The Morgan fingerprint density at radius 2 is 1.67 bits per heavy atom. The molecule has 0 radical (unpaired) electrons. The fraction of sp³-hybridized carbons (Fsp3) is 0.867. The standard InChI is InChI=1S/C30H46O6/c1-17-9-12-30(24(34)35)14-13-27(4)18(22(30)29(17,6)36)7-8-21-25(2)15-19(32)23(33)26(3,16-31)20(25)10-11-28(21,27)5/h7,16-17,19-23,32-33,36H,8-15H2,1-6H3,(H,34,35)/t17-,19-,20-,21-,22?,23+,25+,26-,27-,28-,29-,30+/m1/s1. The Balaban J connectivity index is 1.65. The molecule has 0 saturated heterocycles. The Morgan fingerprint density at radius 3 is 2.28 bits per heavy atom. The third-order valence-electron chi connectivity index (χ3n) is 13.4. The number of rotatable bonds is 2. The normalized spacial score (nSPS) is 58.4. The fourth-order valence-corrected chi connectivity index (χ4v) is 10.9. The summed E-state index contributed by atoms with van der Waals surface area (Å²) in [5, 5.41) is 44.2. The van der Waals surface area contributed by atoms with Crippen molar-refractivity contribution in [3.8, 4) is 0 Å². The largest absolute Gasteiger partial charge is 0.481 e. The summed E-state index contributed by atoms with van der Waals surface area (Å²) in [7, 11) is 0. The molecule has 4 saturated carbocycles. The molecule has 4 N–H and O–H groups in total. The van der Waals surface area contributed by atoms with E-state index in [2.05, 4.69) is 26.8 Å². The van der Waals surface area contributed by atoms with Crippen molar-refractivity contribution in [3.63, 3.8) is 0 Å².